The Hall–Kier alpha value is -2.96. The summed E-state index contributed by atoms with van der Waals surface area (Å²) < 4.78 is 1.92. The monoisotopic (exact) mass is 450 g/mol. The van der Waals surface area contributed by atoms with E-state index in [1.54, 1.807) is 18.5 Å². The minimum atomic E-state index is -0.160. The van der Waals surface area contributed by atoms with Crippen molar-refractivity contribution in [2.45, 2.75) is 37.9 Å². The van der Waals surface area contributed by atoms with E-state index in [4.69, 9.17) is 0 Å². The number of carbonyl (C=O) groups is 1. The topological polar surface area (TPSA) is 96.5 Å². The summed E-state index contributed by atoms with van der Waals surface area (Å²) >= 11 is 2.85. The highest BCUT2D eigenvalue weighted by molar-refractivity contribution is 7.99. The number of nitrogens with zero attached hydrogens (tertiary/aromatic N) is 5. The fraction of sp³-hybridized carbons (Fsp3) is 0.318. The maximum atomic E-state index is 12.7. The molecule has 1 unspecified atom stereocenters. The van der Waals surface area contributed by atoms with E-state index < -0.39 is 0 Å². The van der Waals surface area contributed by atoms with Crippen LogP contribution in [0.25, 0.3) is 11.4 Å². The molecule has 1 amide bonds. The highest BCUT2D eigenvalue weighted by Crippen LogP contribution is 2.39. The van der Waals surface area contributed by atoms with Crippen LogP contribution in [-0.4, -0.2) is 31.4 Å². The van der Waals surface area contributed by atoms with Crippen LogP contribution < -0.4 is 5.32 Å². The van der Waals surface area contributed by atoms with Gasteiger partial charge in [0.25, 0.3) is 0 Å². The molecule has 4 rings (SSSR count). The molecule has 3 aromatic rings. The van der Waals surface area contributed by atoms with Crippen molar-refractivity contribution in [3.63, 3.8) is 0 Å². The number of nitrogens with one attached hydrogen (secondary N) is 1. The summed E-state index contributed by atoms with van der Waals surface area (Å²) in [6.45, 7) is 6.57. The predicted octanol–water partition coefficient (Wildman–Crippen LogP) is 4.31. The lowest BCUT2D eigenvalue weighted by Crippen LogP contribution is -2.15. The van der Waals surface area contributed by atoms with Crippen LogP contribution in [-0.2, 0) is 24.2 Å². The van der Waals surface area contributed by atoms with Gasteiger partial charge in [-0.2, -0.15) is 5.26 Å². The molecule has 7 nitrogen and oxygen atoms in total. The first kappa shape index (κ1) is 21.3. The molecular formula is C22H22N6OS2. The van der Waals surface area contributed by atoms with Crippen molar-refractivity contribution in [2.24, 2.45) is 5.92 Å². The number of allylic oxidation sites excluding steroid dienone is 1. The van der Waals surface area contributed by atoms with E-state index in [0.29, 0.717) is 34.0 Å². The Morgan fingerprint density at radius 2 is 2.26 bits per heavy atom. The third-order valence-corrected chi connectivity index (χ3v) is 7.31. The van der Waals surface area contributed by atoms with Crippen LogP contribution in [0.15, 0.2) is 42.3 Å². The Morgan fingerprint density at radius 3 is 3.00 bits per heavy atom. The Labute approximate surface area is 189 Å². The lowest BCUT2D eigenvalue weighted by molar-refractivity contribution is -0.113. The maximum Gasteiger partial charge on any atom is 0.235 e. The summed E-state index contributed by atoms with van der Waals surface area (Å²) in [7, 11) is 0. The molecule has 1 aliphatic rings. The SMILES string of the molecule is C=CCn1c(SCC(=O)Nc2sc3c(c2C#N)CCC(C)C3)nnc1-c1ccncc1. The van der Waals surface area contributed by atoms with E-state index in [1.165, 1.54) is 28.0 Å². The third-order valence-electron chi connectivity index (χ3n) is 5.18. The van der Waals surface area contributed by atoms with Crippen LogP contribution in [0.4, 0.5) is 5.00 Å². The van der Waals surface area contributed by atoms with E-state index in [0.717, 1.165) is 30.4 Å². The molecule has 3 heterocycles. The minimum absolute atomic E-state index is 0.160. The van der Waals surface area contributed by atoms with Crippen molar-refractivity contribution < 1.29 is 4.79 Å². The molecule has 0 radical (unpaired) electrons. The smallest absolute Gasteiger partial charge is 0.235 e. The van der Waals surface area contributed by atoms with Gasteiger partial charge < -0.3 is 5.32 Å². The zero-order valence-corrected chi connectivity index (χ0v) is 18.8. The van der Waals surface area contributed by atoms with Crippen molar-refractivity contribution in [3.05, 3.63) is 53.2 Å². The van der Waals surface area contributed by atoms with Gasteiger partial charge in [-0.05, 0) is 42.9 Å². The molecule has 31 heavy (non-hydrogen) atoms. The summed E-state index contributed by atoms with van der Waals surface area (Å²) in [4.78, 5) is 17.9. The number of carbonyl (C=O) groups excluding carboxylic acids is 1. The number of anilines is 1. The van der Waals surface area contributed by atoms with Crippen molar-refractivity contribution in [1.29, 1.82) is 5.26 Å². The fourth-order valence-electron chi connectivity index (χ4n) is 3.65. The normalized spacial score (nSPS) is 15.2. The molecule has 0 spiro atoms. The maximum absolute atomic E-state index is 12.7. The zero-order chi connectivity index (χ0) is 21.8. The number of pyridine rings is 1. The average molecular weight is 451 g/mol. The average Bonchev–Trinajstić information content (AvgIpc) is 3.33. The van der Waals surface area contributed by atoms with Gasteiger partial charge in [0.05, 0.1) is 11.3 Å². The van der Waals surface area contributed by atoms with Crippen molar-refractivity contribution >= 4 is 34.0 Å². The second kappa shape index (κ2) is 9.45. The fourth-order valence-corrected chi connectivity index (χ4v) is 5.78. The molecule has 158 valence electrons. The first-order valence-electron chi connectivity index (χ1n) is 10.0. The summed E-state index contributed by atoms with van der Waals surface area (Å²) in [5.74, 6) is 1.33. The van der Waals surface area contributed by atoms with Crippen LogP contribution in [0, 0.1) is 17.2 Å². The molecule has 0 aromatic carbocycles. The highest BCUT2D eigenvalue weighted by Gasteiger charge is 2.25. The molecule has 0 saturated heterocycles. The molecule has 0 aliphatic heterocycles. The largest absolute Gasteiger partial charge is 0.316 e. The van der Waals surface area contributed by atoms with Gasteiger partial charge in [-0.3, -0.25) is 14.3 Å². The molecule has 1 atom stereocenters. The van der Waals surface area contributed by atoms with Gasteiger partial charge in [0.2, 0.25) is 5.91 Å². The zero-order valence-electron chi connectivity index (χ0n) is 17.2. The van der Waals surface area contributed by atoms with E-state index in [2.05, 4.69) is 40.1 Å². The quantitative estimate of drug-likeness (QED) is 0.425. The lowest BCUT2D eigenvalue weighted by Gasteiger charge is -2.17. The molecule has 1 N–H and O–H groups in total. The standard InChI is InChI=1S/C22H22N6OS2/c1-3-10-28-20(15-6-8-24-9-7-15)26-27-22(28)30-13-19(29)25-21-17(12-23)16-5-4-14(2)11-18(16)31-21/h3,6-9,14H,1,4-5,10-11,13H2,2H3,(H,25,29). The molecular weight excluding hydrogens is 428 g/mol. The number of nitriles is 1. The molecule has 3 aromatic heterocycles. The number of thioether (sulfide) groups is 1. The first-order chi connectivity index (χ1) is 15.1. The van der Waals surface area contributed by atoms with Gasteiger partial charge in [-0.1, -0.05) is 24.8 Å². The number of fused-ring (bicyclic) bond motifs is 1. The van der Waals surface area contributed by atoms with Gasteiger partial charge in [0, 0.05) is 29.4 Å². The Morgan fingerprint density at radius 1 is 1.45 bits per heavy atom. The summed E-state index contributed by atoms with van der Waals surface area (Å²) in [6, 6.07) is 6.03. The van der Waals surface area contributed by atoms with Gasteiger partial charge in [-0.15, -0.1) is 28.1 Å². The van der Waals surface area contributed by atoms with Gasteiger partial charge >= 0.3 is 0 Å². The van der Waals surface area contributed by atoms with Crippen LogP contribution in [0.2, 0.25) is 0 Å². The van der Waals surface area contributed by atoms with Gasteiger partial charge in [-0.25, -0.2) is 0 Å². The Bertz CT molecular complexity index is 1140. The van der Waals surface area contributed by atoms with E-state index in [-0.39, 0.29) is 11.7 Å². The molecule has 9 heteroatoms. The van der Waals surface area contributed by atoms with Crippen LogP contribution >= 0.6 is 23.1 Å². The predicted molar refractivity (Wildman–Crippen MR) is 123 cm³/mol. The van der Waals surface area contributed by atoms with Gasteiger partial charge in [0.15, 0.2) is 11.0 Å². The number of hydrogen-bond donors (Lipinski definition) is 1. The van der Waals surface area contributed by atoms with E-state index >= 15 is 0 Å². The Balaban J connectivity index is 1.47. The highest BCUT2D eigenvalue weighted by atomic mass is 32.2. The van der Waals surface area contributed by atoms with Crippen molar-refractivity contribution in [2.75, 3.05) is 11.1 Å². The number of thiophene rings is 1. The summed E-state index contributed by atoms with van der Waals surface area (Å²) in [6.07, 6.45) is 8.15. The minimum Gasteiger partial charge on any atom is -0.316 e. The Kier molecular flexibility index (Phi) is 6.49. The summed E-state index contributed by atoms with van der Waals surface area (Å²) in [5.41, 5.74) is 2.64. The van der Waals surface area contributed by atoms with Gasteiger partial charge in [0.1, 0.15) is 11.1 Å². The summed E-state index contributed by atoms with van der Waals surface area (Å²) in [5, 5.41) is 22.4. The third kappa shape index (κ3) is 4.55. The second-order valence-corrected chi connectivity index (χ2v) is 9.49. The number of rotatable bonds is 7. The van der Waals surface area contributed by atoms with Crippen molar-refractivity contribution in [3.8, 4) is 17.5 Å². The molecule has 0 bridgehead atoms. The molecule has 0 fully saturated rings. The van der Waals surface area contributed by atoms with Crippen LogP contribution in [0.3, 0.4) is 0 Å². The molecule has 1 aliphatic carbocycles. The van der Waals surface area contributed by atoms with Crippen molar-refractivity contribution in [1.82, 2.24) is 19.7 Å². The number of aromatic nitrogens is 4. The lowest BCUT2D eigenvalue weighted by atomic mass is 9.89. The number of amides is 1. The van der Waals surface area contributed by atoms with E-state index in [1.807, 2.05) is 16.7 Å². The number of hydrogen-bond acceptors (Lipinski definition) is 7. The van der Waals surface area contributed by atoms with E-state index in [9.17, 15) is 10.1 Å². The van der Waals surface area contributed by atoms with Crippen LogP contribution in [0.5, 0.6) is 0 Å². The molecule has 0 saturated carbocycles. The second-order valence-electron chi connectivity index (χ2n) is 7.45. The van der Waals surface area contributed by atoms with Crippen LogP contribution in [0.1, 0.15) is 29.3 Å². The first-order valence-corrected chi connectivity index (χ1v) is 11.8.